The molecule has 0 aliphatic carbocycles. The molecule has 478 valence electrons. The zero-order valence-corrected chi connectivity index (χ0v) is 26.8. The van der Waals surface area contributed by atoms with Gasteiger partial charge in [-0.3, -0.25) is 9.69 Å². The molecule has 0 radical (unpaired) electrons. The number of ether oxygens (including phenoxy) is 1. The lowest BCUT2D eigenvalue weighted by molar-refractivity contribution is 0.0396. The Bertz CT molecular complexity index is 1850. The third-order valence-electron chi connectivity index (χ3n) is 9.35. The highest BCUT2D eigenvalue weighted by Gasteiger charge is 2.30. The lowest BCUT2D eigenvalue weighted by atomic mass is 9.90. The van der Waals surface area contributed by atoms with E-state index < -0.39 is 0 Å². The van der Waals surface area contributed by atoms with Crippen molar-refractivity contribution in [2.45, 2.75) is 92.8 Å². The molecule has 5 nitrogen and oxygen atoms in total. The molecule has 3 atom stereocenters. The summed E-state index contributed by atoms with van der Waals surface area (Å²) in [5.74, 6) is 0.753. The van der Waals surface area contributed by atoms with Crippen LogP contribution in [0.25, 0.3) is 20.5 Å². The minimum atomic E-state index is -0.127. The van der Waals surface area contributed by atoms with Gasteiger partial charge in [0.15, 0.2) is 5.78 Å². The number of aryl methyl sites for hydroxylation is 2. The number of nitrogens with zero attached hydrogens (tertiary/aromatic N) is 1. The van der Waals surface area contributed by atoms with Gasteiger partial charge in [0, 0.05) is 228 Å². The van der Waals surface area contributed by atoms with Gasteiger partial charge in [-0.1, -0.05) is 6.42 Å². The normalized spacial score (nSPS) is 18.9. The Morgan fingerprint density at radius 1 is 1.10 bits per heavy atom. The van der Waals surface area contributed by atoms with E-state index in [1.807, 2.05) is 45.9 Å². The van der Waals surface area contributed by atoms with E-state index in [0.717, 1.165) is 38.4 Å². The minimum Gasteiger partial charge on any atom is -0.508 e. The molecule has 2 N–H and O–H groups in total. The van der Waals surface area contributed by atoms with Gasteiger partial charge in [-0.15, -0.1) is 11.3 Å². The van der Waals surface area contributed by atoms with Crippen LogP contribution in [0.15, 0.2) is 36.4 Å². The highest BCUT2D eigenvalue weighted by atomic mass is 32.1. The number of carbonyl (C=O) groups excluding carboxylic acids is 1. The van der Waals surface area contributed by atoms with Crippen LogP contribution in [0.4, 0.5) is 0 Å². The van der Waals surface area contributed by atoms with Gasteiger partial charge in [-0.2, -0.15) is 0 Å². The first-order valence-corrected chi connectivity index (χ1v) is 15.7. The van der Waals surface area contributed by atoms with E-state index in [-0.39, 0.29) is 211 Å². The molecule has 1 saturated heterocycles. The Morgan fingerprint density at radius 2 is 1.79 bits per heavy atom. The molecule has 3 unspecified atom stereocenters. The van der Waals surface area contributed by atoms with Crippen LogP contribution in [0.5, 0.6) is 17.2 Å². The maximum absolute atomic E-state index is 14.6. The van der Waals surface area contributed by atoms with E-state index in [4.69, 9.17) is 9.08 Å². The van der Waals surface area contributed by atoms with E-state index >= 15 is 0 Å². The van der Waals surface area contributed by atoms with Gasteiger partial charge < -0.3 is 14.9 Å². The van der Waals surface area contributed by atoms with Crippen LogP contribution in [0.1, 0.15) is 269 Å². The number of thiophene rings is 1. The summed E-state index contributed by atoms with van der Waals surface area (Å²) >= 11 is 1.34. The van der Waals surface area contributed by atoms with Crippen LogP contribution in [-0.4, -0.2) is 45.6 Å². The smallest absolute Gasteiger partial charge is 0.195 e. The van der Waals surface area contributed by atoms with E-state index in [1.54, 1.807) is 19.1 Å². The van der Waals surface area contributed by atoms with Gasteiger partial charge in [-0.05, 0) is 138 Å². The number of aromatic hydroxyl groups is 2. The molecule has 2 heterocycles. The molecule has 0 spiro atoms. The Hall–Kier alpha value is -3.35. The van der Waals surface area contributed by atoms with Crippen LogP contribution in [0.3, 0.4) is 0 Å². The summed E-state index contributed by atoms with van der Waals surface area (Å²) in [7, 11) is 0. The average molecular weight is 847 g/mol. The van der Waals surface area contributed by atoms with Gasteiger partial charge in [0.1, 0.15) is 23.9 Å². The van der Waals surface area contributed by atoms with Crippen molar-refractivity contribution in [3.05, 3.63) is 75.3 Å². The summed E-state index contributed by atoms with van der Waals surface area (Å²) in [6.45, 7) is 17.0. The van der Waals surface area contributed by atoms with Crippen LogP contribution < -0.4 is 4.74 Å². The van der Waals surface area contributed by atoms with Gasteiger partial charge in [0.2, 0.25) is 0 Å². The van der Waals surface area contributed by atoms with E-state index in [0.29, 0.717) is 45.5 Å². The number of carbonyl (C=O) groups is 1. The summed E-state index contributed by atoms with van der Waals surface area (Å²) in [5.41, 5.74) is 5.95. The number of hydrogen-bond donors (Lipinski definition) is 2. The van der Waals surface area contributed by atoms with Crippen molar-refractivity contribution in [2.24, 2.45) is 0 Å². The zero-order chi connectivity index (χ0) is 33.3. The maximum Gasteiger partial charge on any atom is 0.195 e. The number of rotatable bonds is 7. The number of benzene rings is 3. The second kappa shape index (κ2) is 11.7. The van der Waals surface area contributed by atoms with Crippen molar-refractivity contribution < 1.29 is 205 Å². The van der Waals surface area contributed by atoms with Crippen LogP contribution >= 0.6 is 11.3 Å². The second-order valence-corrected chi connectivity index (χ2v) is 13.2. The first kappa shape index (κ1) is 27.5. The fourth-order valence-corrected chi connectivity index (χ4v) is 8.04. The Balaban J connectivity index is -0.00000000146. The highest BCUT2D eigenvalue weighted by Crippen LogP contribution is 2.45. The summed E-state index contributed by atoms with van der Waals surface area (Å²) in [5, 5.41) is 21.5. The van der Waals surface area contributed by atoms with Crippen molar-refractivity contribution >= 4 is 27.2 Å². The predicted molar refractivity (Wildman–Crippen MR) is 444 cm³/mol. The maximum atomic E-state index is 14.6. The third kappa shape index (κ3) is 5.31. The largest absolute Gasteiger partial charge is 0.508 e. The zero-order valence-electron chi connectivity index (χ0n) is 29.0. The number of ketones is 1. The molecule has 0 saturated carbocycles. The summed E-state index contributed by atoms with van der Waals surface area (Å²) in [6, 6.07) is 10.3. The van der Waals surface area contributed by atoms with Crippen molar-refractivity contribution in [2.75, 3.05) is 6.61 Å². The molecular formula is C36H299NO4S. The minimum absolute atomic E-state index is 0. The fraction of sp³-hybridized carbons (Fsp3) is 0.417. The van der Waals surface area contributed by atoms with Gasteiger partial charge in [0.05, 0.1) is 1.37 Å². The van der Waals surface area contributed by atoms with Gasteiger partial charge >= 0.3 is 0 Å². The molecule has 1 aliphatic rings. The number of fused-ring (bicyclic) bond motifs is 1. The van der Waals surface area contributed by atoms with Crippen molar-refractivity contribution in [3.63, 3.8) is 0 Å². The molecule has 0 amide bonds. The number of hydrogen-bond acceptors (Lipinski definition) is 6. The van der Waals surface area contributed by atoms with E-state index in [2.05, 4.69) is 25.7 Å². The number of phenols is 2. The van der Waals surface area contributed by atoms with Crippen LogP contribution in [-0.2, 0) is 0 Å². The Labute approximate surface area is 446 Å². The third-order valence-corrected chi connectivity index (χ3v) is 10.5. The van der Waals surface area contributed by atoms with Crippen LogP contribution in [0.2, 0.25) is 0 Å². The first-order valence-electron chi connectivity index (χ1n) is 16.4. The first-order chi connectivity index (χ1) is 21.3. The van der Waals surface area contributed by atoms with Crippen molar-refractivity contribution in [1.29, 1.82) is 0 Å². The average Bonchev–Trinajstić information content (AvgIpc) is 3.41. The van der Waals surface area contributed by atoms with E-state index in [9.17, 15) is 15.0 Å². The number of phenolic OH excluding ortho intramolecular Hbond substituents is 2. The predicted octanol–water partition coefficient (Wildman–Crippen LogP) is 40.3. The molecule has 6 heteroatoms. The quantitative estimate of drug-likeness (QED) is 0.181. The molecule has 5 rings (SSSR count). The van der Waals surface area contributed by atoms with Gasteiger partial charge in [-0.25, -0.2) is 0 Å². The highest BCUT2D eigenvalue weighted by molar-refractivity contribution is 7.23. The molecule has 1 aliphatic heterocycles. The molecule has 1 aromatic heterocycles. The molecule has 4 aromatic rings. The molecule has 0 bridgehead atoms. The lowest BCUT2D eigenvalue weighted by Gasteiger charge is -2.42. The summed E-state index contributed by atoms with van der Waals surface area (Å²) in [4.78, 5) is 17.9. The second-order valence-electron chi connectivity index (χ2n) is 12.2. The van der Waals surface area contributed by atoms with Gasteiger partial charge in [0.25, 0.3) is 0 Å². The molecule has 1 fully saturated rings. The van der Waals surface area contributed by atoms with Crippen molar-refractivity contribution in [1.82, 2.24) is 4.90 Å². The van der Waals surface area contributed by atoms with E-state index in [1.165, 1.54) is 30.6 Å². The Morgan fingerprint density at radius 3 is 2.45 bits per heavy atom. The SMILES string of the molecule is [2H][2H].[2H]c1c(O)c(C)c(C)c2c(C(=O)c3ccc(OCC(C)N4C(C)CCCC4C)c(C)c3C)c(-c3ccc(O)cc3C)sc12.[HH].[HH].[HH].[HH].[HH].[HH].[HH].[HH].[HH].[HH].[HH].[HH].[HH].[HH].[HH].[HH].[HH].[HH].[HH].[HH].[HH].[HH].[HH].[HH].[HH].[HH].[HH].[HH].[HH].[HH].[HH].[HH].[HH].[HH].[HH].[HH].[HH].[HH].[HH].[HH].[HH].[HH].[HH].[HH].[HH].[HH].[HH].[HH].[HH].[HH].[HH].[HH].[HH].[HH].[HH].[HH].[HH].[HH].[HH].[HH].[HH].[HH].[HH].[HH].[HH].[HH].[HH].[HH].[HH].[HH].[HH].[HH].[HH].[HH].[HH].[HH].[HH].[HH].[HH].[HH].[HH].[HH].[HH].[HH].[HH].[HH].[HH].[HH].[HH].[HH].[HH].[HH].[HH].[HH].[HH].[HH].[HH].[HH].[HH].[HH].[HH].[HH].[HH].[HH].[HH].[HH].[HH].[HH].[HH].[HH].[HH].[HH].[HH].[HH].[HH].[HH].[HH].[HH].[HH].[HH].[HH].[HH].[HH].[HH].[HH].[HH].[HH]. The topological polar surface area (TPSA) is 70.0 Å². The number of likely N-dealkylation sites (tertiary alicyclic amines) is 1. The van der Waals surface area contributed by atoms with Crippen molar-refractivity contribution in [3.8, 4) is 27.7 Å². The lowest BCUT2D eigenvalue weighted by Crippen LogP contribution is -2.50. The monoisotopic (exact) mass is 846 g/mol. The fourth-order valence-electron chi connectivity index (χ4n) is 6.69. The molecular weight excluding hydrogens is 542 g/mol. The number of piperidine rings is 1. The van der Waals surface area contributed by atoms with Crippen LogP contribution in [0, 0.1) is 34.6 Å². The Kier molecular flexibility index (Phi) is 7.68. The standard InChI is InChI=1S/C36H43NO4S.128H2/c1-19-16-27(38)12-13-28(19)36-34(33-26(8)24(6)30(39)17-32(33)42-36)35(40)29-14-15-31(25(7)23(29)5)41-18-22(4)37-20(2)10-9-11-21(37)3;;;;;;;;;;;;;;;;;;;;;;;;;;;;;;;;;;;;;;;;;;;;;;;;;;;;;;;;;;;;;;;;;;;;;;;;;;;;;;;;;;;;;;;;;;;;;;;;;;;;;;;;;;;;;;;;;;;;;;;;;;;;;;;;/h12-17,20-22,38-39H,9-11,18H2,1-8H3;128*1H/i17D;1+1D;;;;;;;;;;;;;;;;;;;;;;;;;;;;;;;;;;;;;;;;;;;;;;;;;;;;;;;;;;;;;;;;;;;;;;;;;;;;;;;;;;;;;;;;;;;;;;;;;;;;;;;;;;;;;;;;;;;;;;;;;;;;;;;. The molecule has 3 aromatic carbocycles. The molecule has 42 heavy (non-hydrogen) atoms. The summed E-state index contributed by atoms with van der Waals surface area (Å²) in [6.07, 6.45) is 3.71. The summed E-state index contributed by atoms with van der Waals surface area (Å²) < 4.78 is 25.7.